The van der Waals surface area contributed by atoms with Gasteiger partial charge < -0.3 is 19.9 Å². The molecular formula is C19H29N3O3. The first-order valence-electron chi connectivity index (χ1n) is 8.84. The summed E-state index contributed by atoms with van der Waals surface area (Å²) in [5.41, 5.74) is 1.77. The largest absolute Gasteiger partial charge is 0.491 e. The summed E-state index contributed by atoms with van der Waals surface area (Å²) >= 11 is 0. The standard InChI is InChI=1S/C19H29N3O3/c1-13(2)25-17-6-7-18(14(3)12-17)20-19(24)22-10-8-16(9-11-22)21(5)15(4)23/h6-7,12-13,16H,8-11H2,1-5H3,(H,20,24). The van der Waals surface area contributed by atoms with Crippen molar-refractivity contribution in [1.29, 1.82) is 0 Å². The topological polar surface area (TPSA) is 61.9 Å². The molecule has 1 aromatic carbocycles. The summed E-state index contributed by atoms with van der Waals surface area (Å²) in [7, 11) is 1.83. The molecule has 0 saturated carbocycles. The number of anilines is 1. The minimum Gasteiger partial charge on any atom is -0.491 e. The second kappa shape index (κ2) is 8.23. The second-order valence-electron chi connectivity index (χ2n) is 6.92. The SMILES string of the molecule is CC(=O)N(C)C1CCN(C(=O)Nc2ccc(OC(C)C)cc2C)CC1. The van der Waals surface area contributed by atoms with E-state index in [2.05, 4.69) is 5.32 Å². The van der Waals surface area contributed by atoms with Gasteiger partial charge in [0.2, 0.25) is 5.91 Å². The number of carbonyl (C=O) groups excluding carboxylic acids is 2. The molecule has 6 heteroatoms. The zero-order valence-electron chi connectivity index (χ0n) is 15.8. The van der Waals surface area contributed by atoms with E-state index in [-0.39, 0.29) is 24.1 Å². The number of amides is 3. The van der Waals surface area contributed by atoms with Crippen molar-refractivity contribution in [3.05, 3.63) is 23.8 Å². The fourth-order valence-electron chi connectivity index (χ4n) is 3.03. The number of nitrogens with one attached hydrogen (secondary N) is 1. The van der Waals surface area contributed by atoms with Crippen LogP contribution in [-0.2, 0) is 4.79 Å². The molecule has 0 bridgehead atoms. The van der Waals surface area contributed by atoms with Gasteiger partial charge in [0.05, 0.1) is 6.10 Å². The lowest BCUT2D eigenvalue weighted by Gasteiger charge is -2.36. The first-order valence-corrected chi connectivity index (χ1v) is 8.84. The number of hydrogen-bond donors (Lipinski definition) is 1. The van der Waals surface area contributed by atoms with Crippen molar-refractivity contribution in [3.63, 3.8) is 0 Å². The molecule has 2 rings (SSSR count). The van der Waals surface area contributed by atoms with Crippen LogP contribution < -0.4 is 10.1 Å². The molecule has 1 aliphatic heterocycles. The van der Waals surface area contributed by atoms with Crippen molar-refractivity contribution in [2.75, 3.05) is 25.5 Å². The Morgan fingerprint density at radius 2 is 1.92 bits per heavy atom. The highest BCUT2D eigenvalue weighted by Crippen LogP contribution is 2.23. The van der Waals surface area contributed by atoms with Crippen LogP contribution in [0.2, 0.25) is 0 Å². The highest BCUT2D eigenvalue weighted by molar-refractivity contribution is 5.90. The molecule has 1 fully saturated rings. The number of piperidine rings is 1. The number of likely N-dealkylation sites (tertiary alicyclic amines) is 1. The fourth-order valence-corrected chi connectivity index (χ4v) is 3.03. The van der Waals surface area contributed by atoms with E-state index in [4.69, 9.17) is 4.74 Å². The lowest BCUT2D eigenvalue weighted by atomic mass is 10.0. The van der Waals surface area contributed by atoms with Crippen LogP contribution >= 0.6 is 0 Å². The third-order valence-corrected chi connectivity index (χ3v) is 4.61. The maximum Gasteiger partial charge on any atom is 0.321 e. The number of ether oxygens (including phenoxy) is 1. The van der Waals surface area contributed by atoms with Crippen LogP contribution in [0.1, 0.15) is 39.2 Å². The Hall–Kier alpha value is -2.24. The molecule has 1 saturated heterocycles. The fraction of sp³-hybridized carbons (Fsp3) is 0.579. The van der Waals surface area contributed by atoms with Crippen LogP contribution in [0.5, 0.6) is 5.75 Å². The number of rotatable bonds is 4. The molecule has 6 nitrogen and oxygen atoms in total. The van der Waals surface area contributed by atoms with Crippen molar-refractivity contribution in [2.24, 2.45) is 0 Å². The summed E-state index contributed by atoms with van der Waals surface area (Å²) < 4.78 is 5.67. The molecule has 0 atom stereocenters. The molecule has 1 aromatic rings. The highest BCUT2D eigenvalue weighted by Gasteiger charge is 2.26. The minimum atomic E-state index is -0.0930. The van der Waals surface area contributed by atoms with Gasteiger partial charge in [-0.05, 0) is 57.4 Å². The zero-order chi connectivity index (χ0) is 18.6. The van der Waals surface area contributed by atoms with Crippen molar-refractivity contribution in [1.82, 2.24) is 9.80 Å². The van der Waals surface area contributed by atoms with Gasteiger partial charge in [-0.3, -0.25) is 4.79 Å². The van der Waals surface area contributed by atoms with Gasteiger partial charge in [-0.25, -0.2) is 4.79 Å². The molecule has 0 spiro atoms. The predicted octanol–water partition coefficient (Wildman–Crippen LogP) is 3.26. The van der Waals surface area contributed by atoms with Gasteiger partial charge in [-0.15, -0.1) is 0 Å². The molecule has 1 N–H and O–H groups in total. The molecule has 3 amide bonds. The summed E-state index contributed by atoms with van der Waals surface area (Å²) in [6.45, 7) is 8.81. The monoisotopic (exact) mass is 347 g/mol. The number of nitrogens with zero attached hydrogens (tertiary/aromatic N) is 2. The Bertz CT molecular complexity index is 622. The third-order valence-electron chi connectivity index (χ3n) is 4.61. The van der Waals surface area contributed by atoms with Crippen LogP contribution in [0.3, 0.4) is 0 Å². The minimum absolute atomic E-state index is 0.0715. The van der Waals surface area contributed by atoms with E-state index in [0.29, 0.717) is 13.1 Å². The Morgan fingerprint density at radius 3 is 2.44 bits per heavy atom. The van der Waals surface area contributed by atoms with Crippen LogP contribution in [-0.4, -0.2) is 54.0 Å². The van der Waals surface area contributed by atoms with E-state index in [0.717, 1.165) is 29.8 Å². The van der Waals surface area contributed by atoms with Gasteiger partial charge >= 0.3 is 6.03 Å². The van der Waals surface area contributed by atoms with Gasteiger partial charge in [0, 0.05) is 38.8 Å². The Balaban J connectivity index is 1.91. The van der Waals surface area contributed by atoms with Crippen LogP contribution in [0.15, 0.2) is 18.2 Å². The Morgan fingerprint density at radius 1 is 1.28 bits per heavy atom. The molecule has 1 heterocycles. The molecule has 25 heavy (non-hydrogen) atoms. The van der Waals surface area contributed by atoms with E-state index in [1.54, 1.807) is 11.8 Å². The number of hydrogen-bond acceptors (Lipinski definition) is 3. The van der Waals surface area contributed by atoms with E-state index in [1.807, 2.05) is 50.9 Å². The summed E-state index contributed by atoms with van der Waals surface area (Å²) in [4.78, 5) is 27.5. The van der Waals surface area contributed by atoms with Crippen molar-refractivity contribution < 1.29 is 14.3 Å². The first kappa shape index (κ1) is 19.1. The van der Waals surface area contributed by atoms with E-state index in [9.17, 15) is 9.59 Å². The molecule has 0 unspecified atom stereocenters. The van der Waals surface area contributed by atoms with Gasteiger partial charge in [0.15, 0.2) is 0 Å². The summed E-state index contributed by atoms with van der Waals surface area (Å²) in [5.74, 6) is 0.876. The first-order chi connectivity index (χ1) is 11.8. The van der Waals surface area contributed by atoms with Gasteiger partial charge in [0.1, 0.15) is 5.75 Å². The zero-order valence-corrected chi connectivity index (χ0v) is 15.8. The van der Waals surface area contributed by atoms with E-state index >= 15 is 0 Å². The second-order valence-corrected chi connectivity index (χ2v) is 6.92. The lowest BCUT2D eigenvalue weighted by molar-refractivity contribution is -0.130. The third kappa shape index (κ3) is 5.11. The molecule has 0 radical (unpaired) electrons. The Labute approximate surface area is 150 Å². The summed E-state index contributed by atoms with van der Waals surface area (Å²) in [5, 5.41) is 2.98. The van der Waals surface area contributed by atoms with Crippen LogP contribution in [0, 0.1) is 6.92 Å². The van der Waals surface area contributed by atoms with Gasteiger partial charge in [-0.1, -0.05) is 0 Å². The smallest absolute Gasteiger partial charge is 0.321 e. The van der Waals surface area contributed by atoms with Crippen molar-refractivity contribution in [3.8, 4) is 5.75 Å². The lowest BCUT2D eigenvalue weighted by Crippen LogP contribution is -2.47. The number of carbonyl (C=O) groups is 2. The Kier molecular flexibility index (Phi) is 6.28. The average Bonchev–Trinajstić information content (AvgIpc) is 2.56. The van der Waals surface area contributed by atoms with E-state index < -0.39 is 0 Å². The molecule has 0 aromatic heterocycles. The quantitative estimate of drug-likeness (QED) is 0.909. The molecule has 138 valence electrons. The van der Waals surface area contributed by atoms with Crippen LogP contribution in [0.25, 0.3) is 0 Å². The number of aryl methyl sites for hydroxylation is 1. The normalized spacial score (nSPS) is 15.2. The van der Waals surface area contributed by atoms with Gasteiger partial charge in [0.25, 0.3) is 0 Å². The number of benzene rings is 1. The molecular weight excluding hydrogens is 318 g/mol. The maximum atomic E-state index is 12.5. The summed E-state index contributed by atoms with van der Waals surface area (Å²) in [6.07, 6.45) is 1.74. The predicted molar refractivity (Wildman–Crippen MR) is 99.0 cm³/mol. The van der Waals surface area contributed by atoms with Gasteiger partial charge in [-0.2, -0.15) is 0 Å². The average molecular weight is 347 g/mol. The highest BCUT2D eigenvalue weighted by atomic mass is 16.5. The van der Waals surface area contributed by atoms with Crippen molar-refractivity contribution in [2.45, 2.75) is 52.7 Å². The molecule has 1 aliphatic rings. The van der Waals surface area contributed by atoms with E-state index in [1.165, 1.54) is 0 Å². The van der Waals surface area contributed by atoms with Crippen LogP contribution in [0.4, 0.5) is 10.5 Å². The summed E-state index contributed by atoms with van der Waals surface area (Å²) in [6, 6.07) is 5.81. The van der Waals surface area contributed by atoms with Crippen molar-refractivity contribution >= 4 is 17.6 Å². The molecule has 0 aliphatic carbocycles. The maximum absolute atomic E-state index is 12.5. The number of urea groups is 1.